The zero-order valence-corrected chi connectivity index (χ0v) is 14.3. The van der Waals surface area contributed by atoms with Crippen LogP contribution in [0.1, 0.15) is 44.7 Å². The van der Waals surface area contributed by atoms with Gasteiger partial charge in [0.2, 0.25) is 0 Å². The van der Waals surface area contributed by atoms with Gasteiger partial charge in [-0.1, -0.05) is 24.3 Å². The molecule has 1 atom stereocenters. The molecule has 1 aromatic carbocycles. The van der Waals surface area contributed by atoms with E-state index in [9.17, 15) is 9.90 Å². The number of aliphatic carboxylic acids is 1. The third-order valence-electron chi connectivity index (χ3n) is 3.56. The Bertz CT molecular complexity index is 462. The zero-order valence-electron chi connectivity index (χ0n) is 13.5. The monoisotopic (exact) mass is 309 g/mol. The van der Waals surface area contributed by atoms with Crippen LogP contribution in [0.3, 0.4) is 0 Å². The minimum Gasteiger partial charge on any atom is -0.480 e. The fourth-order valence-electron chi connectivity index (χ4n) is 2.36. The molecule has 118 valence electrons. The molecule has 0 spiro atoms. The molecule has 0 aliphatic rings. The second-order valence-electron chi connectivity index (χ2n) is 6.02. The van der Waals surface area contributed by atoms with E-state index in [1.165, 1.54) is 11.1 Å². The van der Waals surface area contributed by atoms with Crippen molar-refractivity contribution in [1.82, 2.24) is 5.32 Å². The minimum absolute atomic E-state index is 0.172. The standard InChI is InChI=1S/C17H27NO2S/c1-13(2)18-17(4,16(19)20)10-7-11-21-12-15-9-6-5-8-14(15)3/h5-6,8-9,13,18H,7,10-12H2,1-4H3,(H,19,20). The number of hydrogen-bond acceptors (Lipinski definition) is 3. The first kappa shape index (κ1) is 18.1. The van der Waals surface area contributed by atoms with Crippen molar-refractivity contribution in [2.45, 2.75) is 57.9 Å². The Kier molecular flexibility index (Phi) is 7.26. The van der Waals surface area contributed by atoms with Gasteiger partial charge in [0, 0.05) is 11.8 Å². The predicted molar refractivity (Wildman–Crippen MR) is 90.9 cm³/mol. The largest absolute Gasteiger partial charge is 0.480 e. The average Bonchev–Trinajstić information content (AvgIpc) is 2.39. The van der Waals surface area contributed by atoms with Crippen molar-refractivity contribution >= 4 is 17.7 Å². The lowest BCUT2D eigenvalue weighted by Gasteiger charge is -2.28. The predicted octanol–water partition coefficient (Wildman–Crippen LogP) is 3.85. The number of carboxylic acid groups (broad SMARTS) is 1. The minimum atomic E-state index is -0.822. The van der Waals surface area contributed by atoms with Crippen molar-refractivity contribution in [2.24, 2.45) is 0 Å². The van der Waals surface area contributed by atoms with Crippen molar-refractivity contribution < 1.29 is 9.90 Å². The molecule has 0 saturated carbocycles. The van der Waals surface area contributed by atoms with Crippen LogP contribution < -0.4 is 5.32 Å². The number of rotatable bonds is 9. The number of carbonyl (C=O) groups is 1. The highest BCUT2D eigenvalue weighted by molar-refractivity contribution is 7.98. The molecule has 0 aliphatic carbocycles. The van der Waals surface area contributed by atoms with Crippen LogP contribution in [0.15, 0.2) is 24.3 Å². The van der Waals surface area contributed by atoms with Gasteiger partial charge in [0.1, 0.15) is 5.54 Å². The normalized spacial score (nSPS) is 14.1. The van der Waals surface area contributed by atoms with E-state index in [4.69, 9.17) is 0 Å². The van der Waals surface area contributed by atoms with Crippen LogP contribution in [-0.4, -0.2) is 28.4 Å². The highest BCUT2D eigenvalue weighted by atomic mass is 32.2. The van der Waals surface area contributed by atoms with Gasteiger partial charge < -0.3 is 5.11 Å². The van der Waals surface area contributed by atoms with Crippen molar-refractivity contribution in [1.29, 1.82) is 0 Å². The van der Waals surface area contributed by atoms with Crippen molar-refractivity contribution in [2.75, 3.05) is 5.75 Å². The van der Waals surface area contributed by atoms with Gasteiger partial charge in [-0.2, -0.15) is 11.8 Å². The molecule has 0 saturated heterocycles. The summed E-state index contributed by atoms with van der Waals surface area (Å²) in [5, 5.41) is 12.5. The summed E-state index contributed by atoms with van der Waals surface area (Å²) in [7, 11) is 0. The van der Waals surface area contributed by atoms with Crippen LogP contribution in [0.2, 0.25) is 0 Å². The Labute approximate surface area is 132 Å². The maximum atomic E-state index is 11.4. The summed E-state index contributed by atoms with van der Waals surface area (Å²) in [6.45, 7) is 7.87. The molecule has 0 aromatic heterocycles. The number of nitrogens with one attached hydrogen (secondary N) is 1. The molecule has 0 radical (unpaired) electrons. The smallest absolute Gasteiger partial charge is 0.323 e. The molecule has 0 amide bonds. The van der Waals surface area contributed by atoms with E-state index in [0.717, 1.165) is 17.9 Å². The van der Waals surface area contributed by atoms with Gasteiger partial charge in [-0.3, -0.25) is 10.1 Å². The van der Waals surface area contributed by atoms with Crippen LogP contribution in [0.25, 0.3) is 0 Å². The Morgan fingerprint density at radius 2 is 2.05 bits per heavy atom. The van der Waals surface area contributed by atoms with E-state index in [1.807, 2.05) is 25.6 Å². The summed E-state index contributed by atoms with van der Waals surface area (Å²) in [6, 6.07) is 8.58. The van der Waals surface area contributed by atoms with E-state index >= 15 is 0 Å². The maximum absolute atomic E-state index is 11.4. The van der Waals surface area contributed by atoms with Crippen LogP contribution in [0.4, 0.5) is 0 Å². The molecule has 4 heteroatoms. The van der Waals surface area contributed by atoms with Gasteiger partial charge in [0.15, 0.2) is 0 Å². The van der Waals surface area contributed by atoms with Gasteiger partial charge in [-0.25, -0.2) is 0 Å². The molecular weight excluding hydrogens is 282 g/mol. The molecule has 1 rings (SSSR count). The summed E-state index contributed by atoms with van der Waals surface area (Å²) in [5.74, 6) is 1.21. The fourth-order valence-corrected chi connectivity index (χ4v) is 3.40. The lowest BCUT2D eigenvalue weighted by atomic mass is 9.95. The molecule has 0 fully saturated rings. The average molecular weight is 309 g/mol. The molecule has 0 aliphatic heterocycles. The first-order valence-corrected chi connectivity index (χ1v) is 8.64. The van der Waals surface area contributed by atoms with Gasteiger partial charge >= 0.3 is 5.97 Å². The van der Waals surface area contributed by atoms with Crippen LogP contribution in [-0.2, 0) is 10.5 Å². The number of thioether (sulfide) groups is 1. The Morgan fingerprint density at radius 1 is 1.38 bits per heavy atom. The number of benzene rings is 1. The van der Waals surface area contributed by atoms with Crippen LogP contribution >= 0.6 is 11.8 Å². The van der Waals surface area contributed by atoms with E-state index in [2.05, 4.69) is 36.5 Å². The SMILES string of the molecule is Cc1ccccc1CSCCCC(C)(NC(C)C)C(=O)O. The third-order valence-corrected chi connectivity index (χ3v) is 4.66. The molecule has 1 aromatic rings. The zero-order chi connectivity index (χ0) is 15.9. The molecule has 1 unspecified atom stereocenters. The molecule has 21 heavy (non-hydrogen) atoms. The lowest BCUT2D eigenvalue weighted by Crippen LogP contribution is -2.52. The molecule has 3 nitrogen and oxygen atoms in total. The molecule has 0 bridgehead atoms. The van der Waals surface area contributed by atoms with Crippen molar-refractivity contribution in [3.63, 3.8) is 0 Å². The second kappa shape index (κ2) is 8.44. The van der Waals surface area contributed by atoms with Gasteiger partial charge in [-0.05, 0) is 57.4 Å². The quantitative estimate of drug-likeness (QED) is 0.680. The fraction of sp³-hybridized carbons (Fsp3) is 0.588. The summed E-state index contributed by atoms with van der Waals surface area (Å²) in [5.41, 5.74) is 1.86. The molecule has 2 N–H and O–H groups in total. The third kappa shape index (κ3) is 6.10. The highest BCUT2D eigenvalue weighted by Gasteiger charge is 2.32. The van der Waals surface area contributed by atoms with Crippen molar-refractivity contribution in [3.8, 4) is 0 Å². The summed E-state index contributed by atoms with van der Waals surface area (Å²) in [4.78, 5) is 11.4. The Balaban J connectivity index is 2.35. The second-order valence-corrected chi connectivity index (χ2v) is 7.12. The Hall–Kier alpha value is -1.00. The van der Waals surface area contributed by atoms with E-state index < -0.39 is 11.5 Å². The maximum Gasteiger partial charge on any atom is 0.323 e. The van der Waals surface area contributed by atoms with E-state index in [-0.39, 0.29) is 6.04 Å². The number of hydrogen-bond donors (Lipinski definition) is 2. The van der Waals surface area contributed by atoms with Crippen molar-refractivity contribution in [3.05, 3.63) is 35.4 Å². The van der Waals surface area contributed by atoms with E-state index in [0.29, 0.717) is 6.42 Å². The van der Waals surface area contributed by atoms with Gasteiger partial charge in [0.25, 0.3) is 0 Å². The van der Waals surface area contributed by atoms with E-state index in [1.54, 1.807) is 6.92 Å². The first-order chi connectivity index (χ1) is 9.85. The summed E-state index contributed by atoms with van der Waals surface area (Å²) < 4.78 is 0. The topological polar surface area (TPSA) is 49.3 Å². The highest BCUT2D eigenvalue weighted by Crippen LogP contribution is 2.20. The summed E-state index contributed by atoms with van der Waals surface area (Å²) in [6.07, 6.45) is 1.56. The van der Waals surface area contributed by atoms with Crippen LogP contribution in [0, 0.1) is 6.92 Å². The number of aryl methyl sites for hydroxylation is 1. The van der Waals surface area contributed by atoms with Gasteiger partial charge in [0.05, 0.1) is 0 Å². The van der Waals surface area contributed by atoms with Gasteiger partial charge in [-0.15, -0.1) is 0 Å². The molecular formula is C17H27NO2S. The lowest BCUT2D eigenvalue weighted by molar-refractivity contribution is -0.144. The first-order valence-electron chi connectivity index (χ1n) is 7.48. The Morgan fingerprint density at radius 3 is 2.62 bits per heavy atom. The van der Waals surface area contributed by atoms with Crippen LogP contribution in [0.5, 0.6) is 0 Å². The molecule has 0 heterocycles. The summed E-state index contributed by atoms with van der Waals surface area (Å²) >= 11 is 1.87. The number of carboxylic acids is 1.